The molecule has 1 amide bonds. The van der Waals surface area contributed by atoms with Crippen LogP contribution in [-0.2, 0) is 11.8 Å². The fraction of sp³-hybridized carbons (Fsp3) is 0.0952. The van der Waals surface area contributed by atoms with Gasteiger partial charge in [0.25, 0.3) is 0 Å². The van der Waals surface area contributed by atoms with Crippen molar-refractivity contribution in [3.8, 4) is 23.0 Å². The van der Waals surface area contributed by atoms with E-state index in [1.165, 1.54) is 11.8 Å². The second kappa shape index (κ2) is 9.19. The molecule has 0 fully saturated rings. The molecule has 2 heterocycles. The predicted molar refractivity (Wildman–Crippen MR) is 114 cm³/mol. The van der Waals surface area contributed by atoms with Gasteiger partial charge in [0.1, 0.15) is 17.2 Å². The highest BCUT2D eigenvalue weighted by atomic mass is 32.2. The Morgan fingerprint density at radius 1 is 1.03 bits per heavy atom. The van der Waals surface area contributed by atoms with Crippen LogP contribution in [0.3, 0.4) is 0 Å². The molecule has 1 N–H and O–H groups in total. The number of rotatable bonds is 7. The van der Waals surface area contributed by atoms with E-state index in [1.807, 2.05) is 49.5 Å². The van der Waals surface area contributed by atoms with E-state index in [1.54, 1.807) is 35.3 Å². The summed E-state index contributed by atoms with van der Waals surface area (Å²) in [6, 6.07) is 16.7. The van der Waals surface area contributed by atoms with E-state index in [0.717, 1.165) is 5.75 Å². The summed E-state index contributed by atoms with van der Waals surface area (Å²) in [5.74, 6) is 2.12. The van der Waals surface area contributed by atoms with Gasteiger partial charge in [0.15, 0.2) is 11.0 Å². The number of anilines is 1. The molecule has 2 aromatic carbocycles. The number of carbonyl (C=O) groups is 1. The number of aromatic nitrogens is 5. The minimum atomic E-state index is -0.138. The summed E-state index contributed by atoms with van der Waals surface area (Å²) >= 11 is 1.30. The molecule has 150 valence electrons. The number of thioether (sulfide) groups is 1. The summed E-state index contributed by atoms with van der Waals surface area (Å²) in [5, 5.41) is 11.8. The van der Waals surface area contributed by atoms with Crippen molar-refractivity contribution < 1.29 is 9.53 Å². The molecule has 0 unspecified atom stereocenters. The molecule has 4 aromatic rings. The summed E-state index contributed by atoms with van der Waals surface area (Å²) in [4.78, 5) is 20.6. The van der Waals surface area contributed by atoms with Crippen LogP contribution in [0.4, 0.5) is 5.69 Å². The molecule has 0 aliphatic heterocycles. The number of ether oxygens (including phenoxy) is 1. The van der Waals surface area contributed by atoms with Crippen molar-refractivity contribution in [1.82, 2.24) is 24.7 Å². The Kier molecular flexibility index (Phi) is 6.00. The standard InChI is InChI=1S/C21H18N6O2S/c1-27-20(18-13-22-11-12-23-18)25-26-21(27)30-14-19(28)24-15-7-9-17(10-8-15)29-16-5-3-2-4-6-16/h2-13H,14H2,1H3,(H,24,28). The molecular weight excluding hydrogens is 400 g/mol. The van der Waals surface area contributed by atoms with Crippen molar-refractivity contribution >= 4 is 23.4 Å². The number of carbonyl (C=O) groups excluding carboxylic acids is 1. The number of para-hydroxylation sites is 1. The number of benzene rings is 2. The van der Waals surface area contributed by atoms with Crippen molar-refractivity contribution in [2.45, 2.75) is 5.16 Å². The van der Waals surface area contributed by atoms with Crippen LogP contribution in [0.15, 0.2) is 78.3 Å². The summed E-state index contributed by atoms with van der Waals surface area (Å²) < 4.78 is 7.54. The number of hydrogen-bond acceptors (Lipinski definition) is 7. The zero-order chi connectivity index (χ0) is 20.8. The summed E-state index contributed by atoms with van der Waals surface area (Å²) in [6.07, 6.45) is 4.82. The number of nitrogens with zero attached hydrogens (tertiary/aromatic N) is 5. The van der Waals surface area contributed by atoms with Gasteiger partial charge >= 0.3 is 0 Å². The van der Waals surface area contributed by atoms with Crippen molar-refractivity contribution in [3.63, 3.8) is 0 Å². The van der Waals surface area contributed by atoms with E-state index >= 15 is 0 Å². The molecule has 0 bridgehead atoms. The molecule has 4 rings (SSSR count). The average molecular weight is 418 g/mol. The zero-order valence-corrected chi connectivity index (χ0v) is 16.9. The van der Waals surface area contributed by atoms with Crippen LogP contribution in [0.2, 0.25) is 0 Å². The molecule has 9 heteroatoms. The third-order valence-electron chi connectivity index (χ3n) is 4.08. The van der Waals surface area contributed by atoms with E-state index in [4.69, 9.17) is 4.74 Å². The van der Waals surface area contributed by atoms with E-state index in [-0.39, 0.29) is 11.7 Å². The van der Waals surface area contributed by atoms with Gasteiger partial charge in [0.05, 0.1) is 11.9 Å². The zero-order valence-electron chi connectivity index (χ0n) is 16.1. The van der Waals surface area contributed by atoms with E-state index in [0.29, 0.717) is 28.1 Å². The van der Waals surface area contributed by atoms with Crippen LogP contribution in [0.1, 0.15) is 0 Å². The molecule has 8 nitrogen and oxygen atoms in total. The molecule has 0 spiro atoms. The third-order valence-corrected chi connectivity index (χ3v) is 5.10. The Bertz CT molecular complexity index is 1120. The van der Waals surface area contributed by atoms with Crippen molar-refractivity contribution in [2.75, 3.05) is 11.1 Å². The van der Waals surface area contributed by atoms with Gasteiger partial charge in [-0.2, -0.15) is 0 Å². The van der Waals surface area contributed by atoms with Crippen molar-refractivity contribution in [3.05, 3.63) is 73.2 Å². The molecule has 0 atom stereocenters. The quantitative estimate of drug-likeness (QED) is 0.456. The van der Waals surface area contributed by atoms with E-state index in [2.05, 4.69) is 25.5 Å². The van der Waals surface area contributed by atoms with Crippen LogP contribution in [-0.4, -0.2) is 36.4 Å². The first-order valence-electron chi connectivity index (χ1n) is 9.10. The lowest BCUT2D eigenvalue weighted by atomic mass is 10.3. The molecule has 30 heavy (non-hydrogen) atoms. The molecule has 0 aliphatic carbocycles. The van der Waals surface area contributed by atoms with Gasteiger partial charge in [-0.1, -0.05) is 30.0 Å². The maximum atomic E-state index is 12.3. The minimum absolute atomic E-state index is 0.138. The highest BCUT2D eigenvalue weighted by molar-refractivity contribution is 7.99. The normalized spacial score (nSPS) is 10.6. The Morgan fingerprint density at radius 2 is 1.80 bits per heavy atom. The van der Waals surface area contributed by atoms with Crippen LogP contribution in [0.25, 0.3) is 11.5 Å². The van der Waals surface area contributed by atoms with E-state index < -0.39 is 0 Å². The van der Waals surface area contributed by atoms with E-state index in [9.17, 15) is 4.79 Å². The van der Waals surface area contributed by atoms with Crippen LogP contribution in [0, 0.1) is 0 Å². The summed E-state index contributed by atoms with van der Waals surface area (Å²) in [5.41, 5.74) is 1.32. The molecule has 0 saturated carbocycles. The van der Waals surface area contributed by atoms with Crippen molar-refractivity contribution in [2.24, 2.45) is 7.05 Å². The fourth-order valence-corrected chi connectivity index (χ4v) is 3.35. The molecular formula is C21H18N6O2S. The van der Waals surface area contributed by atoms with Gasteiger partial charge in [-0.3, -0.25) is 9.78 Å². The van der Waals surface area contributed by atoms with Crippen molar-refractivity contribution in [1.29, 1.82) is 0 Å². The lowest BCUT2D eigenvalue weighted by Gasteiger charge is -2.08. The van der Waals surface area contributed by atoms with Gasteiger partial charge in [-0.15, -0.1) is 10.2 Å². The molecule has 0 saturated heterocycles. The minimum Gasteiger partial charge on any atom is -0.457 e. The third kappa shape index (κ3) is 4.81. The largest absolute Gasteiger partial charge is 0.457 e. The first kappa shape index (κ1) is 19.6. The maximum Gasteiger partial charge on any atom is 0.234 e. The fourth-order valence-electron chi connectivity index (χ4n) is 2.64. The Labute approximate surface area is 177 Å². The SMILES string of the molecule is Cn1c(SCC(=O)Nc2ccc(Oc3ccccc3)cc2)nnc1-c1cnccn1. The second-order valence-electron chi connectivity index (χ2n) is 6.23. The average Bonchev–Trinajstić information content (AvgIpc) is 3.15. The van der Waals surface area contributed by atoms with Crippen LogP contribution < -0.4 is 10.1 Å². The highest BCUT2D eigenvalue weighted by Gasteiger charge is 2.14. The molecule has 0 aliphatic rings. The Morgan fingerprint density at radius 3 is 2.53 bits per heavy atom. The highest BCUT2D eigenvalue weighted by Crippen LogP contribution is 2.24. The van der Waals surface area contributed by atoms with Crippen LogP contribution >= 0.6 is 11.8 Å². The monoisotopic (exact) mass is 418 g/mol. The summed E-state index contributed by atoms with van der Waals surface area (Å²) in [7, 11) is 1.83. The van der Waals surface area contributed by atoms with Gasteiger partial charge in [-0.25, -0.2) is 4.98 Å². The lowest BCUT2D eigenvalue weighted by molar-refractivity contribution is -0.113. The number of nitrogens with one attached hydrogen (secondary N) is 1. The molecule has 0 radical (unpaired) electrons. The smallest absolute Gasteiger partial charge is 0.234 e. The van der Waals surface area contributed by atoms with Gasteiger partial charge < -0.3 is 14.6 Å². The Hall–Kier alpha value is -3.72. The lowest BCUT2D eigenvalue weighted by Crippen LogP contribution is -2.14. The topological polar surface area (TPSA) is 94.8 Å². The van der Waals surface area contributed by atoms with Crippen LogP contribution in [0.5, 0.6) is 11.5 Å². The first-order chi connectivity index (χ1) is 14.7. The molecule has 2 aromatic heterocycles. The summed E-state index contributed by atoms with van der Waals surface area (Å²) in [6.45, 7) is 0. The first-order valence-corrected chi connectivity index (χ1v) is 10.1. The van der Waals surface area contributed by atoms with Gasteiger partial charge in [0.2, 0.25) is 5.91 Å². The van der Waals surface area contributed by atoms with Gasteiger partial charge in [0, 0.05) is 25.1 Å². The maximum absolute atomic E-state index is 12.3. The Balaban J connectivity index is 1.31. The number of amides is 1. The second-order valence-corrected chi connectivity index (χ2v) is 7.17. The predicted octanol–water partition coefficient (Wildman–Crippen LogP) is 3.80. The van der Waals surface area contributed by atoms with Gasteiger partial charge in [-0.05, 0) is 36.4 Å². The number of hydrogen-bond donors (Lipinski definition) is 1.